The van der Waals surface area contributed by atoms with Crippen molar-refractivity contribution >= 4 is 40.7 Å². The molecule has 2 atom stereocenters. The summed E-state index contributed by atoms with van der Waals surface area (Å²) in [5, 5.41) is 7.37. The van der Waals surface area contributed by atoms with Crippen LogP contribution in [0.25, 0.3) is 5.69 Å². The van der Waals surface area contributed by atoms with Crippen LogP contribution in [0.2, 0.25) is 5.02 Å². The molecule has 1 aliphatic rings. The minimum absolute atomic E-state index is 0.000829. The summed E-state index contributed by atoms with van der Waals surface area (Å²) in [7, 11) is 0. The van der Waals surface area contributed by atoms with E-state index in [-0.39, 0.29) is 36.9 Å². The Bertz CT molecular complexity index is 974. The zero-order chi connectivity index (χ0) is 21.1. The molecule has 152 valence electrons. The molecular formula is C21H21Cl2N3O3. The van der Waals surface area contributed by atoms with Crippen LogP contribution in [0.15, 0.2) is 36.1 Å². The molecular weight excluding hydrogens is 413 g/mol. The Morgan fingerprint density at radius 1 is 1.31 bits per heavy atom. The third-order valence-corrected chi connectivity index (χ3v) is 5.45. The molecule has 1 aromatic heterocycles. The third kappa shape index (κ3) is 4.60. The van der Waals surface area contributed by atoms with Gasteiger partial charge in [0.15, 0.2) is 5.78 Å². The SMILES string of the molecule is Cc1cc(-n2cc(Cl)cn2)cc(C)c1C1C(=O)CC(CC(=O)NC/C=C/Cl)C1=O. The van der Waals surface area contributed by atoms with Gasteiger partial charge in [0.1, 0.15) is 11.7 Å². The van der Waals surface area contributed by atoms with E-state index in [2.05, 4.69) is 10.4 Å². The van der Waals surface area contributed by atoms with Gasteiger partial charge in [-0.25, -0.2) is 4.68 Å². The van der Waals surface area contributed by atoms with Crippen LogP contribution in [0, 0.1) is 19.8 Å². The summed E-state index contributed by atoms with van der Waals surface area (Å²) >= 11 is 11.4. The quantitative estimate of drug-likeness (QED) is 0.704. The minimum Gasteiger partial charge on any atom is -0.353 e. The lowest BCUT2D eigenvalue weighted by molar-refractivity contribution is -0.128. The molecule has 1 aromatic carbocycles. The molecule has 1 aliphatic carbocycles. The highest BCUT2D eigenvalue weighted by Gasteiger charge is 2.43. The number of benzene rings is 1. The summed E-state index contributed by atoms with van der Waals surface area (Å²) in [4.78, 5) is 37.7. The Hall–Kier alpha value is -2.44. The van der Waals surface area contributed by atoms with Crippen molar-refractivity contribution in [1.29, 1.82) is 0 Å². The Morgan fingerprint density at radius 3 is 2.59 bits per heavy atom. The van der Waals surface area contributed by atoms with Gasteiger partial charge in [-0.1, -0.05) is 29.3 Å². The van der Waals surface area contributed by atoms with Gasteiger partial charge in [-0.2, -0.15) is 5.10 Å². The van der Waals surface area contributed by atoms with Gasteiger partial charge in [0.25, 0.3) is 0 Å². The van der Waals surface area contributed by atoms with E-state index in [9.17, 15) is 14.4 Å². The number of nitrogens with one attached hydrogen (secondary N) is 1. The maximum absolute atomic E-state index is 13.0. The molecule has 8 heteroatoms. The van der Waals surface area contributed by atoms with Crippen molar-refractivity contribution in [1.82, 2.24) is 15.1 Å². The lowest BCUT2D eigenvalue weighted by Gasteiger charge is -2.17. The van der Waals surface area contributed by atoms with Gasteiger partial charge < -0.3 is 5.32 Å². The van der Waals surface area contributed by atoms with Crippen LogP contribution < -0.4 is 5.32 Å². The largest absolute Gasteiger partial charge is 0.353 e. The maximum Gasteiger partial charge on any atom is 0.220 e. The van der Waals surface area contributed by atoms with Crippen molar-refractivity contribution in [3.05, 3.63) is 57.9 Å². The van der Waals surface area contributed by atoms with E-state index >= 15 is 0 Å². The predicted molar refractivity (Wildman–Crippen MR) is 112 cm³/mol. The fourth-order valence-corrected chi connectivity index (χ4v) is 4.05. The summed E-state index contributed by atoms with van der Waals surface area (Å²) in [6.45, 7) is 4.03. The number of rotatable bonds is 6. The van der Waals surface area contributed by atoms with Gasteiger partial charge in [0, 0.05) is 37.0 Å². The van der Waals surface area contributed by atoms with Crippen LogP contribution >= 0.6 is 23.2 Å². The Morgan fingerprint density at radius 2 is 2.00 bits per heavy atom. The van der Waals surface area contributed by atoms with Crippen LogP contribution in [0.4, 0.5) is 0 Å². The monoisotopic (exact) mass is 433 g/mol. The van der Waals surface area contributed by atoms with Gasteiger partial charge in [-0.15, -0.1) is 0 Å². The van der Waals surface area contributed by atoms with Gasteiger partial charge in [-0.05, 0) is 42.7 Å². The van der Waals surface area contributed by atoms with E-state index in [0.717, 1.165) is 22.4 Å². The second kappa shape index (κ2) is 8.93. The molecule has 1 heterocycles. The first-order valence-electron chi connectivity index (χ1n) is 9.22. The van der Waals surface area contributed by atoms with E-state index in [0.29, 0.717) is 5.02 Å². The zero-order valence-corrected chi connectivity index (χ0v) is 17.6. The number of hydrogen-bond donors (Lipinski definition) is 1. The van der Waals surface area contributed by atoms with Crippen LogP contribution in [-0.4, -0.2) is 33.8 Å². The number of carbonyl (C=O) groups is 3. The maximum atomic E-state index is 13.0. The summed E-state index contributed by atoms with van der Waals surface area (Å²) in [5.74, 6) is -2.04. The Labute approximate surface area is 178 Å². The number of halogens is 2. The Kier molecular flexibility index (Phi) is 6.55. The first kappa shape index (κ1) is 21.3. The number of nitrogens with zero attached hydrogens (tertiary/aromatic N) is 2. The molecule has 0 radical (unpaired) electrons. The van der Waals surface area contributed by atoms with Gasteiger partial charge >= 0.3 is 0 Å². The summed E-state index contributed by atoms with van der Waals surface area (Å²) in [5.41, 5.74) is 4.49. The molecule has 6 nitrogen and oxygen atoms in total. The van der Waals surface area contributed by atoms with Crippen LogP contribution in [-0.2, 0) is 14.4 Å². The van der Waals surface area contributed by atoms with Crippen LogP contribution in [0.3, 0.4) is 0 Å². The smallest absolute Gasteiger partial charge is 0.220 e. The summed E-state index contributed by atoms with van der Waals surface area (Å²) in [6.07, 6.45) is 4.90. The zero-order valence-electron chi connectivity index (χ0n) is 16.1. The average Bonchev–Trinajstić information content (AvgIpc) is 3.20. The first-order valence-corrected chi connectivity index (χ1v) is 10.0. The van der Waals surface area contributed by atoms with Gasteiger partial charge in [0.05, 0.1) is 16.9 Å². The van der Waals surface area contributed by atoms with Crippen molar-refractivity contribution in [2.45, 2.75) is 32.6 Å². The fourth-order valence-electron chi connectivity index (χ4n) is 3.83. The molecule has 29 heavy (non-hydrogen) atoms. The number of ketones is 2. The lowest BCUT2D eigenvalue weighted by atomic mass is 9.87. The second-order valence-electron chi connectivity index (χ2n) is 7.17. The highest BCUT2D eigenvalue weighted by atomic mass is 35.5. The average molecular weight is 434 g/mol. The molecule has 1 fully saturated rings. The van der Waals surface area contributed by atoms with Gasteiger partial charge in [0.2, 0.25) is 5.91 Å². The summed E-state index contributed by atoms with van der Waals surface area (Å²) in [6, 6.07) is 3.76. The van der Waals surface area contributed by atoms with Crippen LogP contribution in [0.1, 0.15) is 35.4 Å². The number of aryl methyl sites for hydroxylation is 2. The molecule has 0 bridgehead atoms. The summed E-state index contributed by atoms with van der Waals surface area (Å²) < 4.78 is 1.65. The fraction of sp³-hybridized carbons (Fsp3) is 0.333. The van der Waals surface area contributed by atoms with Crippen molar-refractivity contribution in [2.75, 3.05) is 6.54 Å². The van der Waals surface area contributed by atoms with Crippen molar-refractivity contribution in [3.8, 4) is 5.69 Å². The molecule has 0 aliphatic heterocycles. The van der Waals surface area contributed by atoms with E-state index in [1.54, 1.807) is 23.2 Å². The molecule has 2 aromatic rings. The lowest BCUT2D eigenvalue weighted by Crippen LogP contribution is -2.27. The Balaban J connectivity index is 1.82. The highest BCUT2D eigenvalue weighted by molar-refractivity contribution is 6.30. The molecule has 0 saturated heterocycles. The predicted octanol–water partition coefficient (Wildman–Crippen LogP) is 3.64. The van der Waals surface area contributed by atoms with Crippen molar-refractivity contribution in [2.24, 2.45) is 5.92 Å². The topological polar surface area (TPSA) is 81.1 Å². The highest BCUT2D eigenvalue weighted by Crippen LogP contribution is 2.37. The van der Waals surface area contributed by atoms with Gasteiger partial charge in [-0.3, -0.25) is 14.4 Å². The number of hydrogen-bond acceptors (Lipinski definition) is 4. The van der Waals surface area contributed by atoms with E-state index in [1.165, 1.54) is 5.54 Å². The molecule has 1 saturated carbocycles. The molecule has 1 amide bonds. The van der Waals surface area contributed by atoms with E-state index in [4.69, 9.17) is 23.2 Å². The molecule has 2 unspecified atom stereocenters. The first-order chi connectivity index (χ1) is 13.8. The van der Waals surface area contributed by atoms with E-state index in [1.807, 2.05) is 26.0 Å². The molecule has 0 spiro atoms. The number of Topliss-reactive ketones (excluding diaryl/α,β-unsaturated/α-hetero) is 2. The normalized spacial score (nSPS) is 19.3. The number of aromatic nitrogens is 2. The standard InChI is InChI=1S/C21H21Cl2N3O3/c1-12-6-16(26-11-15(23)10-25-26)7-13(2)19(12)20-17(27)8-14(21(20)29)9-18(28)24-5-3-4-22/h3-4,6-7,10-11,14,20H,5,8-9H2,1-2H3,(H,24,28)/b4-3+. The van der Waals surface area contributed by atoms with E-state index < -0.39 is 11.8 Å². The minimum atomic E-state index is -0.828. The number of carbonyl (C=O) groups excluding carboxylic acids is 3. The third-order valence-electron chi connectivity index (χ3n) is 5.08. The van der Waals surface area contributed by atoms with Crippen molar-refractivity contribution in [3.63, 3.8) is 0 Å². The molecule has 3 rings (SSSR count). The number of amides is 1. The second-order valence-corrected chi connectivity index (χ2v) is 7.86. The molecule has 1 N–H and O–H groups in total. The van der Waals surface area contributed by atoms with Crippen molar-refractivity contribution < 1.29 is 14.4 Å². The van der Waals surface area contributed by atoms with Crippen LogP contribution in [0.5, 0.6) is 0 Å².